The molecule has 2 amide bonds. The van der Waals surface area contributed by atoms with Crippen molar-refractivity contribution in [2.45, 2.75) is 63.6 Å². The Balaban J connectivity index is 1.25. The molecular formula is C28H31N3O2. The first-order valence-electron chi connectivity index (χ1n) is 11.9. The van der Waals surface area contributed by atoms with Crippen molar-refractivity contribution in [1.82, 2.24) is 15.2 Å². The number of amides is 2. The van der Waals surface area contributed by atoms with Gasteiger partial charge in [0.15, 0.2) is 0 Å². The topological polar surface area (TPSA) is 62.3 Å². The third kappa shape index (κ3) is 4.37. The number of carbonyl (C=O) groups excluding carboxylic acids is 2. The average Bonchev–Trinajstić information content (AvgIpc) is 3.08. The minimum Gasteiger partial charge on any atom is -0.338 e. The largest absolute Gasteiger partial charge is 0.338 e. The molecule has 2 bridgehead atoms. The van der Waals surface area contributed by atoms with E-state index < -0.39 is 5.54 Å². The fraction of sp³-hybridized carbons (Fsp3) is 0.393. The molecule has 0 saturated carbocycles. The molecule has 2 aliphatic heterocycles. The quantitative estimate of drug-likeness (QED) is 0.621. The van der Waals surface area contributed by atoms with Crippen LogP contribution in [0.25, 0.3) is 10.8 Å². The van der Waals surface area contributed by atoms with E-state index in [1.54, 1.807) is 12.1 Å². The fourth-order valence-corrected chi connectivity index (χ4v) is 5.70. The van der Waals surface area contributed by atoms with Crippen molar-refractivity contribution in [2.75, 3.05) is 0 Å². The maximum atomic E-state index is 13.6. The van der Waals surface area contributed by atoms with E-state index in [-0.39, 0.29) is 23.9 Å². The zero-order valence-corrected chi connectivity index (χ0v) is 19.3. The van der Waals surface area contributed by atoms with Gasteiger partial charge in [0.05, 0.1) is 0 Å². The van der Waals surface area contributed by atoms with Gasteiger partial charge < -0.3 is 10.2 Å². The number of nitrogens with zero attached hydrogens (tertiary/aromatic N) is 2. The third-order valence-electron chi connectivity index (χ3n) is 7.29. The number of rotatable bonds is 5. The zero-order chi connectivity index (χ0) is 23.0. The van der Waals surface area contributed by atoms with E-state index in [9.17, 15) is 9.59 Å². The number of fused-ring (bicyclic) bond motifs is 3. The van der Waals surface area contributed by atoms with Crippen LogP contribution in [-0.4, -0.2) is 39.3 Å². The molecule has 2 saturated heterocycles. The first kappa shape index (κ1) is 21.6. The number of carbonyl (C=O) groups is 2. The Labute approximate surface area is 195 Å². The summed E-state index contributed by atoms with van der Waals surface area (Å²) in [6.07, 6.45) is 8.95. The summed E-state index contributed by atoms with van der Waals surface area (Å²) in [4.78, 5) is 32.5. The van der Waals surface area contributed by atoms with E-state index >= 15 is 0 Å². The molecule has 0 spiro atoms. The number of nitrogens with one attached hydrogen (secondary N) is 1. The predicted molar refractivity (Wildman–Crippen MR) is 130 cm³/mol. The van der Waals surface area contributed by atoms with Crippen molar-refractivity contribution < 1.29 is 9.59 Å². The van der Waals surface area contributed by atoms with E-state index in [4.69, 9.17) is 0 Å². The lowest BCUT2D eigenvalue weighted by atomic mass is 9.84. The van der Waals surface area contributed by atoms with Gasteiger partial charge >= 0.3 is 0 Å². The Bertz CT molecular complexity index is 1160. The standard InChI is InChI=1S/C28H31N3O2/c1-28(2,30-26(32)21-6-4-3-5-7-21)27(33)31-24-10-11-25(31)17-20(16-24)14-19-8-9-23-18-29-13-12-22(23)15-19/h3-9,12-13,15,18,20,24-25H,10-11,14,16-17H2,1-2H3,(H,30,32)/t24-,25-/m0/s1. The molecule has 5 nitrogen and oxygen atoms in total. The number of aromatic nitrogens is 1. The molecule has 5 rings (SSSR count). The van der Waals surface area contributed by atoms with E-state index in [0.717, 1.165) is 32.1 Å². The van der Waals surface area contributed by atoms with Crippen LogP contribution in [0.3, 0.4) is 0 Å². The van der Waals surface area contributed by atoms with Crippen LogP contribution in [0.2, 0.25) is 0 Å². The van der Waals surface area contributed by atoms with E-state index in [1.165, 1.54) is 16.3 Å². The minimum atomic E-state index is -0.938. The monoisotopic (exact) mass is 441 g/mol. The lowest BCUT2D eigenvalue weighted by Gasteiger charge is -2.43. The lowest BCUT2D eigenvalue weighted by Crippen LogP contribution is -2.60. The Morgan fingerprint density at radius 2 is 1.73 bits per heavy atom. The highest BCUT2D eigenvalue weighted by Crippen LogP contribution is 2.41. The fourth-order valence-electron chi connectivity index (χ4n) is 5.70. The summed E-state index contributed by atoms with van der Waals surface area (Å²) < 4.78 is 0. The first-order valence-corrected chi connectivity index (χ1v) is 11.9. The summed E-state index contributed by atoms with van der Waals surface area (Å²) >= 11 is 0. The van der Waals surface area contributed by atoms with Crippen molar-refractivity contribution in [3.05, 3.63) is 78.1 Å². The normalized spacial score (nSPS) is 22.4. The van der Waals surface area contributed by atoms with Crippen LogP contribution in [0.1, 0.15) is 55.5 Å². The zero-order valence-electron chi connectivity index (χ0n) is 19.3. The Hall–Kier alpha value is -3.21. The molecule has 170 valence electrons. The van der Waals surface area contributed by atoms with Crippen molar-refractivity contribution in [2.24, 2.45) is 5.92 Å². The number of hydrogen-bond acceptors (Lipinski definition) is 3. The van der Waals surface area contributed by atoms with Crippen LogP contribution < -0.4 is 5.32 Å². The molecule has 0 aliphatic carbocycles. The van der Waals surface area contributed by atoms with Gasteiger partial charge in [0.25, 0.3) is 5.91 Å². The molecule has 2 atom stereocenters. The van der Waals surface area contributed by atoms with Crippen LogP contribution in [0.4, 0.5) is 0 Å². The van der Waals surface area contributed by atoms with Crippen LogP contribution in [0.5, 0.6) is 0 Å². The molecule has 5 heteroatoms. The number of piperidine rings is 1. The SMILES string of the molecule is CC(C)(NC(=O)c1ccccc1)C(=O)N1[C@H]2CC[C@H]1CC(Cc1ccc3cnccc3c1)C2. The van der Waals surface area contributed by atoms with Gasteiger partial charge in [0, 0.05) is 35.4 Å². The Morgan fingerprint density at radius 1 is 1.00 bits per heavy atom. The molecular weight excluding hydrogens is 410 g/mol. The molecule has 2 aromatic carbocycles. The van der Waals surface area contributed by atoms with Crippen LogP contribution in [0.15, 0.2) is 67.0 Å². The molecule has 3 aromatic rings. The second kappa shape index (κ2) is 8.62. The molecule has 1 aromatic heterocycles. The van der Waals surface area contributed by atoms with Gasteiger partial charge in [-0.15, -0.1) is 0 Å². The van der Waals surface area contributed by atoms with Gasteiger partial charge in [-0.2, -0.15) is 0 Å². The van der Waals surface area contributed by atoms with E-state index in [2.05, 4.69) is 39.5 Å². The summed E-state index contributed by atoms with van der Waals surface area (Å²) in [5.41, 5.74) is 0.993. The molecule has 3 heterocycles. The highest BCUT2D eigenvalue weighted by molar-refractivity contribution is 5.99. The van der Waals surface area contributed by atoms with Crippen LogP contribution in [-0.2, 0) is 11.2 Å². The van der Waals surface area contributed by atoms with Gasteiger partial charge in [-0.1, -0.05) is 36.4 Å². The highest BCUT2D eigenvalue weighted by atomic mass is 16.2. The van der Waals surface area contributed by atoms with Gasteiger partial charge in [-0.05, 0) is 81.0 Å². The molecule has 2 aliphatic rings. The van der Waals surface area contributed by atoms with E-state index in [0.29, 0.717) is 11.5 Å². The van der Waals surface area contributed by atoms with Gasteiger partial charge in [0.2, 0.25) is 5.91 Å². The van der Waals surface area contributed by atoms with Crippen molar-refractivity contribution in [3.63, 3.8) is 0 Å². The molecule has 0 unspecified atom stereocenters. The van der Waals surface area contributed by atoms with Gasteiger partial charge in [0.1, 0.15) is 5.54 Å². The summed E-state index contributed by atoms with van der Waals surface area (Å²) in [6.45, 7) is 3.65. The average molecular weight is 442 g/mol. The number of hydrogen-bond donors (Lipinski definition) is 1. The van der Waals surface area contributed by atoms with Crippen molar-refractivity contribution >= 4 is 22.6 Å². The Kier molecular flexibility index (Phi) is 5.65. The second-order valence-corrected chi connectivity index (χ2v) is 10.1. The minimum absolute atomic E-state index is 0.0379. The van der Waals surface area contributed by atoms with Crippen LogP contribution >= 0.6 is 0 Å². The van der Waals surface area contributed by atoms with Crippen molar-refractivity contribution in [1.29, 1.82) is 0 Å². The predicted octanol–water partition coefficient (Wildman–Crippen LogP) is 4.76. The first-order chi connectivity index (χ1) is 15.9. The lowest BCUT2D eigenvalue weighted by molar-refractivity contribution is -0.142. The molecule has 2 fully saturated rings. The summed E-state index contributed by atoms with van der Waals surface area (Å²) in [5, 5.41) is 5.37. The molecule has 0 radical (unpaired) electrons. The summed E-state index contributed by atoms with van der Waals surface area (Å²) in [5.74, 6) is 0.409. The summed E-state index contributed by atoms with van der Waals surface area (Å²) in [6, 6.07) is 18.3. The third-order valence-corrected chi connectivity index (χ3v) is 7.29. The molecule has 33 heavy (non-hydrogen) atoms. The number of pyridine rings is 1. The van der Waals surface area contributed by atoms with Crippen molar-refractivity contribution in [3.8, 4) is 0 Å². The van der Waals surface area contributed by atoms with Gasteiger partial charge in [-0.3, -0.25) is 14.6 Å². The van der Waals surface area contributed by atoms with Gasteiger partial charge in [-0.25, -0.2) is 0 Å². The maximum Gasteiger partial charge on any atom is 0.252 e. The Morgan fingerprint density at radius 3 is 2.45 bits per heavy atom. The smallest absolute Gasteiger partial charge is 0.252 e. The maximum absolute atomic E-state index is 13.6. The summed E-state index contributed by atoms with van der Waals surface area (Å²) in [7, 11) is 0. The van der Waals surface area contributed by atoms with E-state index in [1.807, 2.05) is 44.4 Å². The second-order valence-electron chi connectivity index (χ2n) is 10.1. The highest BCUT2D eigenvalue weighted by Gasteiger charge is 2.47. The number of benzene rings is 2. The van der Waals surface area contributed by atoms with Crippen LogP contribution in [0, 0.1) is 5.92 Å². The molecule has 1 N–H and O–H groups in total.